The zero-order valence-electron chi connectivity index (χ0n) is 13.7. The second kappa shape index (κ2) is 7.25. The first kappa shape index (κ1) is 17.5. The van der Waals surface area contributed by atoms with E-state index in [1.807, 2.05) is 12.3 Å². The summed E-state index contributed by atoms with van der Waals surface area (Å²) in [5, 5.41) is 4.95. The third-order valence-electron chi connectivity index (χ3n) is 3.44. The van der Waals surface area contributed by atoms with Crippen LogP contribution in [-0.2, 0) is 12.3 Å². The first-order valence-corrected chi connectivity index (χ1v) is 9.92. The van der Waals surface area contributed by atoms with Crippen molar-refractivity contribution in [2.45, 2.75) is 38.2 Å². The van der Waals surface area contributed by atoms with Gasteiger partial charge in [-0.3, -0.25) is 9.36 Å². The van der Waals surface area contributed by atoms with Crippen LogP contribution >= 0.6 is 34.7 Å². The van der Waals surface area contributed by atoms with Gasteiger partial charge in [-0.05, 0) is 31.0 Å². The van der Waals surface area contributed by atoms with Gasteiger partial charge in [-0.15, -0.1) is 11.3 Å². The molecule has 1 aromatic carbocycles. The largest absolute Gasteiger partial charge is 0.287 e. The lowest BCUT2D eigenvalue weighted by Crippen LogP contribution is -2.25. The molecule has 24 heavy (non-hydrogen) atoms. The van der Waals surface area contributed by atoms with Crippen molar-refractivity contribution in [1.82, 2.24) is 14.5 Å². The van der Waals surface area contributed by atoms with Gasteiger partial charge in [-0.25, -0.2) is 9.97 Å². The average molecular weight is 380 g/mol. The van der Waals surface area contributed by atoms with Crippen molar-refractivity contribution in [2.75, 3.05) is 0 Å². The summed E-state index contributed by atoms with van der Waals surface area (Å²) in [4.78, 5) is 22.1. The number of hydrogen-bond acceptors (Lipinski definition) is 5. The minimum atomic E-state index is -0.0341. The number of fused-ring (bicyclic) bond motifs is 1. The molecule has 7 heteroatoms. The first-order chi connectivity index (χ1) is 11.4. The number of nitrogens with zero attached hydrogens (tertiary/aromatic N) is 3. The molecule has 4 nitrogen and oxygen atoms in total. The molecule has 0 bridgehead atoms. The number of benzene rings is 1. The zero-order valence-corrected chi connectivity index (χ0v) is 16.1. The van der Waals surface area contributed by atoms with Gasteiger partial charge >= 0.3 is 0 Å². The molecule has 126 valence electrons. The summed E-state index contributed by atoms with van der Waals surface area (Å²) in [5.74, 6) is 1.05. The van der Waals surface area contributed by atoms with E-state index in [0.29, 0.717) is 34.1 Å². The van der Waals surface area contributed by atoms with Crippen LogP contribution in [0, 0.1) is 12.8 Å². The molecule has 0 amide bonds. The van der Waals surface area contributed by atoms with Crippen molar-refractivity contribution in [1.29, 1.82) is 0 Å². The molecule has 0 atom stereocenters. The molecule has 0 saturated heterocycles. The number of thioether (sulfide) groups is 1. The number of hydrogen-bond donors (Lipinski definition) is 0. The van der Waals surface area contributed by atoms with E-state index >= 15 is 0 Å². The molecule has 0 N–H and O–H groups in total. The summed E-state index contributed by atoms with van der Waals surface area (Å²) in [6.45, 7) is 6.80. The Kier molecular flexibility index (Phi) is 5.27. The Hall–Kier alpha value is -1.37. The highest BCUT2D eigenvalue weighted by atomic mass is 35.5. The standard InChI is InChI=1S/C17H18ClN3OS2/c1-10(2)7-21-16(22)14-6-12(18)4-5-15(14)20-17(21)24-9-13-8-23-11(3)19-13/h4-6,8,10H,7,9H2,1-3H3. The Morgan fingerprint density at radius 1 is 1.33 bits per heavy atom. The van der Waals surface area contributed by atoms with Crippen LogP contribution in [0.15, 0.2) is 33.5 Å². The van der Waals surface area contributed by atoms with Gasteiger partial charge in [0.1, 0.15) is 0 Å². The molecule has 0 aliphatic carbocycles. The highest BCUT2D eigenvalue weighted by Gasteiger charge is 2.14. The number of rotatable bonds is 5. The minimum Gasteiger partial charge on any atom is -0.287 e. The Balaban J connectivity index is 2.03. The Bertz CT molecular complexity index is 933. The highest BCUT2D eigenvalue weighted by molar-refractivity contribution is 7.98. The van der Waals surface area contributed by atoms with E-state index in [4.69, 9.17) is 16.6 Å². The molecule has 2 heterocycles. The predicted molar refractivity (Wildman–Crippen MR) is 102 cm³/mol. The molecular formula is C17H18ClN3OS2. The van der Waals surface area contributed by atoms with Crippen molar-refractivity contribution in [3.63, 3.8) is 0 Å². The second-order valence-corrected chi connectivity index (χ2v) is 8.45. The fraction of sp³-hybridized carbons (Fsp3) is 0.353. The van der Waals surface area contributed by atoms with Crippen LogP contribution in [0.25, 0.3) is 10.9 Å². The third-order valence-corrected chi connectivity index (χ3v) is 5.51. The van der Waals surface area contributed by atoms with Gasteiger partial charge < -0.3 is 0 Å². The third kappa shape index (κ3) is 3.82. The SMILES string of the molecule is Cc1nc(CSc2nc3ccc(Cl)cc3c(=O)n2CC(C)C)cs1. The smallest absolute Gasteiger partial charge is 0.262 e. The van der Waals surface area contributed by atoms with Crippen LogP contribution in [-0.4, -0.2) is 14.5 Å². The van der Waals surface area contributed by atoms with Crippen LogP contribution in [0.1, 0.15) is 24.5 Å². The minimum absolute atomic E-state index is 0.0341. The van der Waals surface area contributed by atoms with Gasteiger partial charge in [-0.1, -0.05) is 37.2 Å². The van der Waals surface area contributed by atoms with Crippen LogP contribution in [0.4, 0.5) is 0 Å². The summed E-state index contributed by atoms with van der Waals surface area (Å²) >= 11 is 9.23. The van der Waals surface area contributed by atoms with E-state index in [2.05, 4.69) is 18.8 Å². The van der Waals surface area contributed by atoms with Crippen molar-refractivity contribution in [2.24, 2.45) is 5.92 Å². The normalized spacial score (nSPS) is 11.5. The fourth-order valence-electron chi connectivity index (χ4n) is 2.42. The van der Waals surface area contributed by atoms with E-state index in [1.54, 1.807) is 45.9 Å². The van der Waals surface area contributed by atoms with E-state index in [1.165, 1.54) is 0 Å². The van der Waals surface area contributed by atoms with Gasteiger partial charge in [0.05, 0.1) is 21.6 Å². The number of aromatic nitrogens is 3. The summed E-state index contributed by atoms with van der Waals surface area (Å²) in [6, 6.07) is 5.26. The van der Waals surface area contributed by atoms with Gasteiger partial charge in [0, 0.05) is 22.7 Å². The fourth-order valence-corrected chi connectivity index (χ4v) is 4.21. The molecule has 0 aliphatic heterocycles. The van der Waals surface area contributed by atoms with E-state index in [0.717, 1.165) is 15.9 Å². The molecule has 0 spiro atoms. The van der Waals surface area contributed by atoms with Crippen LogP contribution in [0.5, 0.6) is 0 Å². The monoisotopic (exact) mass is 379 g/mol. The molecule has 0 saturated carbocycles. The maximum absolute atomic E-state index is 12.9. The Morgan fingerprint density at radius 3 is 2.79 bits per heavy atom. The van der Waals surface area contributed by atoms with Crippen molar-refractivity contribution in [3.05, 3.63) is 49.7 Å². The summed E-state index contributed by atoms with van der Waals surface area (Å²) in [5.41, 5.74) is 1.67. The highest BCUT2D eigenvalue weighted by Crippen LogP contribution is 2.24. The quantitative estimate of drug-likeness (QED) is 0.473. The van der Waals surface area contributed by atoms with Gasteiger partial charge in [0.2, 0.25) is 0 Å². The van der Waals surface area contributed by atoms with Gasteiger partial charge in [0.25, 0.3) is 5.56 Å². The van der Waals surface area contributed by atoms with Crippen molar-refractivity contribution in [3.8, 4) is 0 Å². The summed E-state index contributed by atoms with van der Waals surface area (Å²) in [6.07, 6.45) is 0. The molecule has 2 aromatic heterocycles. The van der Waals surface area contributed by atoms with Crippen LogP contribution in [0.2, 0.25) is 5.02 Å². The Morgan fingerprint density at radius 2 is 2.12 bits per heavy atom. The van der Waals surface area contributed by atoms with Gasteiger partial charge in [-0.2, -0.15) is 0 Å². The summed E-state index contributed by atoms with van der Waals surface area (Å²) < 4.78 is 1.76. The maximum Gasteiger partial charge on any atom is 0.262 e. The molecule has 0 aliphatic rings. The van der Waals surface area contributed by atoms with Crippen molar-refractivity contribution >= 4 is 45.6 Å². The van der Waals surface area contributed by atoms with Crippen molar-refractivity contribution < 1.29 is 0 Å². The first-order valence-electron chi connectivity index (χ1n) is 7.68. The number of aryl methyl sites for hydroxylation is 1. The molecule has 0 fully saturated rings. The lowest BCUT2D eigenvalue weighted by Gasteiger charge is -2.14. The van der Waals surface area contributed by atoms with Gasteiger partial charge in [0.15, 0.2) is 5.16 Å². The Labute approximate surface area is 153 Å². The topological polar surface area (TPSA) is 47.8 Å². The maximum atomic E-state index is 12.9. The lowest BCUT2D eigenvalue weighted by atomic mass is 10.2. The average Bonchev–Trinajstić information content (AvgIpc) is 2.94. The van der Waals surface area contributed by atoms with Crippen LogP contribution < -0.4 is 5.56 Å². The lowest BCUT2D eigenvalue weighted by molar-refractivity contribution is 0.475. The summed E-state index contributed by atoms with van der Waals surface area (Å²) in [7, 11) is 0. The molecule has 3 aromatic rings. The van der Waals surface area contributed by atoms with E-state index < -0.39 is 0 Å². The van der Waals surface area contributed by atoms with Crippen LogP contribution in [0.3, 0.4) is 0 Å². The van der Waals surface area contributed by atoms with E-state index in [9.17, 15) is 4.79 Å². The van der Waals surface area contributed by atoms with E-state index in [-0.39, 0.29) is 5.56 Å². The molecule has 0 radical (unpaired) electrons. The molecule has 3 rings (SSSR count). The number of thiazole rings is 1. The number of halogens is 1. The molecular weight excluding hydrogens is 362 g/mol. The predicted octanol–water partition coefficient (Wildman–Crippen LogP) is 4.76. The molecule has 0 unspecified atom stereocenters. The zero-order chi connectivity index (χ0) is 17.3. The second-order valence-electron chi connectivity index (χ2n) is 6.01.